The third kappa shape index (κ3) is 6.46. The van der Waals surface area contributed by atoms with Crippen LogP contribution in [0, 0.1) is 17.2 Å². The van der Waals surface area contributed by atoms with Crippen molar-refractivity contribution in [3.63, 3.8) is 0 Å². The number of nitriles is 1. The standard InChI is InChI=1S/C29H28N6O2/c1-35-12-10-21(11-13-35)19-36-26-17-31-29(32-18-26)25-7-3-5-23(15-25)20-37-28-9-8-27(33-34-28)24-6-2-4-22(14-24)16-30/h2-9,14-15,17-18,21H,10-13,19-20H2,1H3. The minimum atomic E-state index is 0.337. The summed E-state index contributed by atoms with van der Waals surface area (Å²) >= 11 is 0. The smallest absolute Gasteiger partial charge is 0.233 e. The lowest BCUT2D eigenvalue weighted by Gasteiger charge is -2.28. The summed E-state index contributed by atoms with van der Waals surface area (Å²) in [6.07, 6.45) is 5.81. The van der Waals surface area contributed by atoms with Crippen LogP contribution in [-0.4, -0.2) is 51.8 Å². The fourth-order valence-corrected chi connectivity index (χ4v) is 4.24. The monoisotopic (exact) mass is 492 g/mol. The van der Waals surface area contributed by atoms with Crippen LogP contribution in [0.1, 0.15) is 24.0 Å². The summed E-state index contributed by atoms with van der Waals surface area (Å²) in [6.45, 7) is 3.29. The molecule has 1 saturated heterocycles. The molecule has 37 heavy (non-hydrogen) atoms. The van der Waals surface area contributed by atoms with Gasteiger partial charge in [-0.25, -0.2) is 9.97 Å². The van der Waals surface area contributed by atoms with Crippen molar-refractivity contribution in [1.29, 1.82) is 5.26 Å². The highest BCUT2D eigenvalue weighted by Crippen LogP contribution is 2.22. The normalized spacial score (nSPS) is 14.2. The molecule has 0 atom stereocenters. The first-order chi connectivity index (χ1) is 18.2. The molecule has 0 spiro atoms. The van der Waals surface area contributed by atoms with E-state index in [1.807, 2.05) is 42.5 Å². The molecule has 0 N–H and O–H groups in total. The second-order valence-corrected chi connectivity index (χ2v) is 9.24. The summed E-state index contributed by atoms with van der Waals surface area (Å²) in [6, 6.07) is 20.9. The molecule has 3 heterocycles. The predicted octanol–water partition coefficient (Wildman–Crippen LogP) is 4.77. The Hall–Kier alpha value is -4.35. The zero-order valence-corrected chi connectivity index (χ0v) is 20.7. The minimum absolute atomic E-state index is 0.337. The molecule has 2 aromatic carbocycles. The van der Waals surface area contributed by atoms with E-state index < -0.39 is 0 Å². The van der Waals surface area contributed by atoms with Gasteiger partial charge in [0.1, 0.15) is 6.61 Å². The number of benzene rings is 2. The van der Waals surface area contributed by atoms with Gasteiger partial charge in [0.05, 0.1) is 36.3 Å². The van der Waals surface area contributed by atoms with Crippen LogP contribution in [0.4, 0.5) is 0 Å². The maximum Gasteiger partial charge on any atom is 0.233 e. The summed E-state index contributed by atoms with van der Waals surface area (Å²) in [4.78, 5) is 11.4. The van der Waals surface area contributed by atoms with Crippen molar-refractivity contribution in [2.75, 3.05) is 26.7 Å². The van der Waals surface area contributed by atoms with E-state index in [1.165, 1.54) is 0 Å². The van der Waals surface area contributed by atoms with Crippen molar-refractivity contribution in [3.05, 3.63) is 84.2 Å². The van der Waals surface area contributed by atoms with Crippen LogP contribution < -0.4 is 9.47 Å². The summed E-state index contributed by atoms with van der Waals surface area (Å²) in [5.74, 6) is 2.34. The molecule has 5 rings (SSSR count). The Morgan fingerprint density at radius 3 is 2.46 bits per heavy atom. The maximum atomic E-state index is 9.09. The van der Waals surface area contributed by atoms with Gasteiger partial charge >= 0.3 is 0 Å². The molecule has 2 aromatic heterocycles. The van der Waals surface area contributed by atoms with Gasteiger partial charge in [0.15, 0.2) is 11.6 Å². The lowest BCUT2D eigenvalue weighted by atomic mass is 9.98. The second-order valence-electron chi connectivity index (χ2n) is 9.24. The van der Waals surface area contributed by atoms with Crippen LogP contribution >= 0.6 is 0 Å². The van der Waals surface area contributed by atoms with E-state index in [0.717, 1.165) is 42.6 Å². The first kappa shape index (κ1) is 24.3. The fourth-order valence-electron chi connectivity index (χ4n) is 4.24. The fraction of sp³-hybridized carbons (Fsp3) is 0.276. The van der Waals surface area contributed by atoms with Crippen molar-refractivity contribution in [1.82, 2.24) is 25.1 Å². The van der Waals surface area contributed by atoms with Crippen LogP contribution in [0.2, 0.25) is 0 Å². The Labute approximate surface area is 216 Å². The van der Waals surface area contributed by atoms with Gasteiger partial charge in [-0.3, -0.25) is 0 Å². The largest absolute Gasteiger partial charge is 0.490 e. The van der Waals surface area contributed by atoms with E-state index in [4.69, 9.17) is 14.7 Å². The number of rotatable bonds is 8. The third-order valence-electron chi connectivity index (χ3n) is 6.45. The van der Waals surface area contributed by atoms with Gasteiger partial charge in [-0.1, -0.05) is 30.3 Å². The predicted molar refractivity (Wildman–Crippen MR) is 140 cm³/mol. The number of ether oxygens (including phenoxy) is 2. The van der Waals surface area contributed by atoms with Crippen LogP contribution in [0.15, 0.2) is 73.1 Å². The number of hydrogen-bond acceptors (Lipinski definition) is 8. The molecule has 0 radical (unpaired) electrons. The zero-order chi connectivity index (χ0) is 25.5. The van der Waals surface area contributed by atoms with Gasteiger partial charge in [-0.05, 0) is 68.7 Å². The van der Waals surface area contributed by atoms with E-state index in [1.54, 1.807) is 30.6 Å². The molecule has 1 aliphatic heterocycles. The Morgan fingerprint density at radius 1 is 0.919 bits per heavy atom. The van der Waals surface area contributed by atoms with Crippen molar-refractivity contribution >= 4 is 0 Å². The number of nitrogens with zero attached hydrogens (tertiary/aromatic N) is 6. The van der Waals surface area contributed by atoms with Crippen molar-refractivity contribution < 1.29 is 9.47 Å². The Kier molecular flexibility index (Phi) is 7.63. The van der Waals surface area contributed by atoms with E-state index in [0.29, 0.717) is 47.8 Å². The molecule has 0 unspecified atom stereocenters. The van der Waals surface area contributed by atoms with E-state index in [2.05, 4.69) is 38.2 Å². The van der Waals surface area contributed by atoms with Crippen molar-refractivity contribution in [2.45, 2.75) is 19.4 Å². The SMILES string of the molecule is CN1CCC(COc2cnc(-c3cccc(COc4ccc(-c5cccc(C#N)c5)nn4)c3)nc2)CC1. The maximum absolute atomic E-state index is 9.09. The molecule has 8 nitrogen and oxygen atoms in total. The molecule has 1 fully saturated rings. The van der Waals surface area contributed by atoms with E-state index in [-0.39, 0.29) is 0 Å². The highest BCUT2D eigenvalue weighted by molar-refractivity contribution is 5.61. The number of piperidine rings is 1. The van der Waals surface area contributed by atoms with Crippen LogP contribution in [0.3, 0.4) is 0 Å². The van der Waals surface area contributed by atoms with Gasteiger partial charge < -0.3 is 14.4 Å². The average molecular weight is 493 g/mol. The lowest BCUT2D eigenvalue weighted by Crippen LogP contribution is -2.32. The molecule has 0 bridgehead atoms. The molecule has 0 aliphatic carbocycles. The van der Waals surface area contributed by atoms with Gasteiger partial charge in [0.2, 0.25) is 5.88 Å². The quantitative estimate of drug-likeness (QED) is 0.347. The van der Waals surface area contributed by atoms with Crippen molar-refractivity contribution in [2.24, 2.45) is 5.92 Å². The molecule has 186 valence electrons. The molecule has 0 saturated carbocycles. The number of hydrogen-bond donors (Lipinski definition) is 0. The summed E-state index contributed by atoms with van der Waals surface area (Å²) in [5, 5.41) is 17.5. The molecular formula is C29H28N6O2. The highest BCUT2D eigenvalue weighted by Gasteiger charge is 2.17. The average Bonchev–Trinajstić information content (AvgIpc) is 2.96. The van der Waals surface area contributed by atoms with Crippen LogP contribution in [0.5, 0.6) is 11.6 Å². The number of likely N-dealkylation sites (tertiary alicyclic amines) is 1. The van der Waals surface area contributed by atoms with Gasteiger partial charge in [0.25, 0.3) is 0 Å². The Bertz CT molecular complexity index is 1360. The minimum Gasteiger partial charge on any atom is -0.490 e. The highest BCUT2D eigenvalue weighted by atomic mass is 16.5. The Balaban J connectivity index is 1.16. The molecule has 4 aromatic rings. The van der Waals surface area contributed by atoms with Crippen LogP contribution in [0.25, 0.3) is 22.6 Å². The molecular weight excluding hydrogens is 464 g/mol. The van der Waals surface area contributed by atoms with Gasteiger partial charge in [-0.15, -0.1) is 10.2 Å². The molecule has 8 heteroatoms. The van der Waals surface area contributed by atoms with E-state index in [9.17, 15) is 0 Å². The third-order valence-corrected chi connectivity index (χ3v) is 6.45. The topological polar surface area (TPSA) is 97.1 Å². The van der Waals surface area contributed by atoms with Crippen molar-refractivity contribution in [3.8, 4) is 40.3 Å². The molecule has 1 aliphatic rings. The molecule has 0 amide bonds. The lowest BCUT2D eigenvalue weighted by molar-refractivity contribution is 0.159. The van der Waals surface area contributed by atoms with E-state index >= 15 is 0 Å². The summed E-state index contributed by atoms with van der Waals surface area (Å²) in [5.41, 5.74) is 3.97. The Morgan fingerprint density at radius 2 is 1.70 bits per heavy atom. The van der Waals surface area contributed by atoms with Gasteiger partial charge in [0, 0.05) is 17.2 Å². The number of aromatic nitrogens is 4. The summed E-state index contributed by atoms with van der Waals surface area (Å²) in [7, 11) is 2.16. The second kappa shape index (κ2) is 11.6. The first-order valence-electron chi connectivity index (χ1n) is 12.4. The van der Waals surface area contributed by atoms with Crippen LogP contribution in [-0.2, 0) is 6.61 Å². The zero-order valence-electron chi connectivity index (χ0n) is 20.7. The first-order valence-corrected chi connectivity index (χ1v) is 12.4. The van der Waals surface area contributed by atoms with Gasteiger partial charge in [-0.2, -0.15) is 5.26 Å². The summed E-state index contributed by atoms with van der Waals surface area (Å²) < 4.78 is 11.8.